The molecule has 0 heterocycles. The Morgan fingerprint density at radius 2 is 1.84 bits per heavy atom. The van der Waals surface area contributed by atoms with Gasteiger partial charge < -0.3 is 15.6 Å². The van der Waals surface area contributed by atoms with Gasteiger partial charge in [0.15, 0.2) is 0 Å². The number of ether oxygens (including phenoxy) is 1. The van der Waals surface area contributed by atoms with Crippen LogP contribution in [0.5, 0.6) is 5.75 Å². The standard InChI is InChI=1S/C16H19NO2/c1-11-6-5-9-16(12(11)2)19-10-15(18)13-7-3-4-8-14(13)17/h3-9,15,18H,10,17H2,1-2H3. The van der Waals surface area contributed by atoms with Gasteiger partial charge in [0.2, 0.25) is 0 Å². The van der Waals surface area contributed by atoms with Gasteiger partial charge in [0.05, 0.1) is 0 Å². The lowest BCUT2D eigenvalue weighted by Gasteiger charge is -2.16. The van der Waals surface area contributed by atoms with Gasteiger partial charge in [-0.1, -0.05) is 30.3 Å². The Morgan fingerprint density at radius 1 is 1.11 bits per heavy atom. The third kappa shape index (κ3) is 3.06. The second-order valence-corrected chi connectivity index (χ2v) is 4.65. The second-order valence-electron chi connectivity index (χ2n) is 4.65. The lowest BCUT2D eigenvalue weighted by molar-refractivity contribution is 0.108. The minimum absolute atomic E-state index is 0.193. The van der Waals surface area contributed by atoms with Crippen molar-refractivity contribution in [3.05, 3.63) is 59.2 Å². The molecule has 0 amide bonds. The molecule has 100 valence electrons. The molecule has 2 aromatic carbocycles. The summed E-state index contributed by atoms with van der Waals surface area (Å²) in [5.41, 5.74) is 9.38. The Hall–Kier alpha value is -2.00. The van der Waals surface area contributed by atoms with Crippen LogP contribution in [0, 0.1) is 13.8 Å². The van der Waals surface area contributed by atoms with Gasteiger partial charge in [-0.2, -0.15) is 0 Å². The van der Waals surface area contributed by atoms with Crippen molar-refractivity contribution in [3.63, 3.8) is 0 Å². The molecule has 2 rings (SSSR count). The highest BCUT2D eigenvalue weighted by Gasteiger charge is 2.12. The van der Waals surface area contributed by atoms with Gasteiger partial charge in [-0.3, -0.25) is 0 Å². The summed E-state index contributed by atoms with van der Waals surface area (Å²) in [5.74, 6) is 0.800. The summed E-state index contributed by atoms with van der Waals surface area (Å²) in [6.07, 6.45) is -0.721. The van der Waals surface area contributed by atoms with Crippen molar-refractivity contribution in [2.24, 2.45) is 0 Å². The second kappa shape index (κ2) is 5.76. The molecule has 0 saturated heterocycles. The number of hydrogen-bond donors (Lipinski definition) is 2. The third-order valence-corrected chi connectivity index (χ3v) is 3.31. The van der Waals surface area contributed by atoms with Gasteiger partial charge in [0.25, 0.3) is 0 Å². The Morgan fingerprint density at radius 3 is 2.58 bits per heavy atom. The molecule has 0 bridgehead atoms. The molecule has 0 aromatic heterocycles. The van der Waals surface area contributed by atoms with Crippen molar-refractivity contribution in [3.8, 4) is 5.75 Å². The Kier molecular flexibility index (Phi) is 4.07. The molecule has 0 radical (unpaired) electrons. The van der Waals surface area contributed by atoms with Crippen LogP contribution in [-0.4, -0.2) is 11.7 Å². The highest BCUT2D eigenvalue weighted by molar-refractivity contribution is 5.47. The van der Waals surface area contributed by atoms with Gasteiger partial charge in [0, 0.05) is 11.3 Å². The first-order valence-corrected chi connectivity index (χ1v) is 6.31. The normalized spacial score (nSPS) is 12.2. The molecule has 0 spiro atoms. The van der Waals surface area contributed by atoms with E-state index in [2.05, 4.69) is 0 Å². The zero-order valence-corrected chi connectivity index (χ0v) is 11.3. The molecule has 1 atom stereocenters. The molecule has 0 aliphatic rings. The smallest absolute Gasteiger partial charge is 0.122 e. The topological polar surface area (TPSA) is 55.5 Å². The Bertz CT molecular complexity index is 566. The number of aryl methyl sites for hydroxylation is 1. The number of nitrogen functional groups attached to an aromatic ring is 1. The van der Waals surface area contributed by atoms with E-state index in [0.29, 0.717) is 11.3 Å². The molecule has 2 aromatic rings. The lowest BCUT2D eigenvalue weighted by Crippen LogP contribution is -2.12. The molecule has 19 heavy (non-hydrogen) atoms. The SMILES string of the molecule is Cc1cccc(OCC(O)c2ccccc2N)c1C. The maximum Gasteiger partial charge on any atom is 0.122 e. The summed E-state index contributed by atoms with van der Waals surface area (Å²) in [4.78, 5) is 0. The molecule has 1 unspecified atom stereocenters. The van der Waals surface area contributed by atoms with Gasteiger partial charge in [0.1, 0.15) is 18.5 Å². The zero-order chi connectivity index (χ0) is 13.8. The van der Waals surface area contributed by atoms with E-state index in [1.165, 1.54) is 5.56 Å². The van der Waals surface area contributed by atoms with Crippen LogP contribution in [-0.2, 0) is 0 Å². The van der Waals surface area contributed by atoms with Crippen LogP contribution in [0.15, 0.2) is 42.5 Å². The van der Waals surface area contributed by atoms with E-state index in [1.54, 1.807) is 6.07 Å². The number of aliphatic hydroxyl groups is 1. The first kappa shape index (κ1) is 13.4. The number of aliphatic hydroxyl groups excluding tert-OH is 1. The summed E-state index contributed by atoms with van der Waals surface area (Å²) < 4.78 is 5.68. The van der Waals surface area contributed by atoms with Crippen molar-refractivity contribution in [1.82, 2.24) is 0 Å². The molecule has 3 nitrogen and oxygen atoms in total. The maximum absolute atomic E-state index is 10.1. The number of para-hydroxylation sites is 1. The fourth-order valence-corrected chi connectivity index (χ4v) is 1.95. The van der Waals surface area contributed by atoms with Crippen LogP contribution in [0.3, 0.4) is 0 Å². The number of anilines is 1. The predicted octanol–water partition coefficient (Wildman–Crippen LogP) is 3.00. The van der Waals surface area contributed by atoms with E-state index < -0.39 is 6.10 Å². The molecule has 0 fully saturated rings. The summed E-state index contributed by atoms with van der Waals surface area (Å²) in [7, 11) is 0. The molecular formula is C16H19NO2. The predicted molar refractivity (Wildman–Crippen MR) is 77.2 cm³/mol. The van der Waals surface area contributed by atoms with Crippen LogP contribution in [0.25, 0.3) is 0 Å². The summed E-state index contributed by atoms with van der Waals surface area (Å²) in [5, 5.41) is 10.1. The first-order valence-electron chi connectivity index (χ1n) is 6.31. The molecule has 3 N–H and O–H groups in total. The highest BCUT2D eigenvalue weighted by atomic mass is 16.5. The Balaban J connectivity index is 2.07. The molecule has 3 heteroatoms. The van der Waals surface area contributed by atoms with Gasteiger partial charge in [-0.15, -0.1) is 0 Å². The fourth-order valence-electron chi connectivity index (χ4n) is 1.95. The summed E-state index contributed by atoms with van der Waals surface area (Å²) in [6, 6.07) is 13.2. The lowest BCUT2D eigenvalue weighted by atomic mass is 10.1. The van der Waals surface area contributed by atoms with E-state index in [1.807, 2.05) is 50.2 Å². The molecule has 0 aliphatic carbocycles. The maximum atomic E-state index is 10.1. The fraction of sp³-hybridized carbons (Fsp3) is 0.250. The van der Waals surface area contributed by atoms with E-state index in [-0.39, 0.29) is 6.61 Å². The number of benzene rings is 2. The van der Waals surface area contributed by atoms with Crippen LogP contribution >= 0.6 is 0 Å². The first-order chi connectivity index (χ1) is 9.09. The number of nitrogens with two attached hydrogens (primary N) is 1. The van der Waals surface area contributed by atoms with Crippen LogP contribution < -0.4 is 10.5 Å². The van der Waals surface area contributed by atoms with E-state index in [0.717, 1.165) is 11.3 Å². The number of rotatable bonds is 4. The number of hydrogen-bond acceptors (Lipinski definition) is 3. The Labute approximate surface area is 113 Å². The minimum Gasteiger partial charge on any atom is -0.490 e. The minimum atomic E-state index is -0.721. The quantitative estimate of drug-likeness (QED) is 0.828. The average Bonchev–Trinajstić information content (AvgIpc) is 2.40. The molecule has 0 aliphatic heterocycles. The molecule has 0 saturated carbocycles. The van der Waals surface area contributed by atoms with Crippen molar-refractivity contribution < 1.29 is 9.84 Å². The van der Waals surface area contributed by atoms with E-state index in [4.69, 9.17) is 10.5 Å². The van der Waals surface area contributed by atoms with Crippen molar-refractivity contribution in [2.75, 3.05) is 12.3 Å². The van der Waals surface area contributed by atoms with Gasteiger partial charge in [-0.05, 0) is 37.1 Å². The summed E-state index contributed by atoms with van der Waals surface area (Å²) in [6.45, 7) is 4.24. The van der Waals surface area contributed by atoms with Crippen LogP contribution in [0.2, 0.25) is 0 Å². The van der Waals surface area contributed by atoms with Crippen molar-refractivity contribution in [2.45, 2.75) is 20.0 Å². The largest absolute Gasteiger partial charge is 0.490 e. The van der Waals surface area contributed by atoms with Crippen LogP contribution in [0.4, 0.5) is 5.69 Å². The zero-order valence-electron chi connectivity index (χ0n) is 11.3. The highest BCUT2D eigenvalue weighted by Crippen LogP contribution is 2.24. The van der Waals surface area contributed by atoms with Crippen molar-refractivity contribution >= 4 is 5.69 Å². The van der Waals surface area contributed by atoms with Gasteiger partial charge >= 0.3 is 0 Å². The third-order valence-electron chi connectivity index (χ3n) is 3.31. The van der Waals surface area contributed by atoms with Crippen LogP contribution in [0.1, 0.15) is 22.8 Å². The van der Waals surface area contributed by atoms with Crippen molar-refractivity contribution in [1.29, 1.82) is 0 Å². The average molecular weight is 257 g/mol. The van der Waals surface area contributed by atoms with E-state index >= 15 is 0 Å². The summed E-state index contributed by atoms with van der Waals surface area (Å²) >= 11 is 0. The molecular weight excluding hydrogens is 238 g/mol. The van der Waals surface area contributed by atoms with E-state index in [9.17, 15) is 5.11 Å². The monoisotopic (exact) mass is 257 g/mol. The van der Waals surface area contributed by atoms with Gasteiger partial charge in [-0.25, -0.2) is 0 Å².